The second kappa shape index (κ2) is 11.4. The van der Waals surface area contributed by atoms with Gasteiger partial charge >= 0.3 is 0 Å². The molecule has 0 spiro atoms. The zero-order chi connectivity index (χ0) is 33.0. The second-order valence-electron chi connectivity index (χ2n) is 12.3. The smallest absolute Gasteiger partial charge is 0.183 e. The Morgan fingerprint density at radius 2 is 1.00 bits per heavy atom. The maximum Gasteiger partial charge on any atom is 0.183 e. The highest BCUT2D eigenvalue weighted by Crippen LogP contribution is 2.39. The van der Waals surface area contributed by atoms with E-state index in [1.165, 1.54) is 21.8 Å². The van der Waals surface area contributed by atoms with Gasteiger partial charge in [-0.05, 0) is 59.7 Å². The number of rotatable bonds is 5. The first-order valence-electron chi connectivity index (χ1n) is 16.6. The van der Waals surface area contributed by atoms with Gasteiger partial charge in [0.15, 0.2) is 17.5 Å². The zero-order valence-electron chi connectivity index (χ0n) is 26.7. The summed E-state index contributed by atoms with van der Waals surface area (Å²) in [6.45, 7) is 0. The van der Waals surface area contributed by atoms with Crippen LogP contribution < -0.4 is 0 Å². The second-order valence-corrected chi connectivity index (χ2v) is 12.3. The molecule has 0 aliphatic rings. The molecule has 6 heteroatoms. The van der Waals surface area contributed by atoms with E-state index in [1.807, 2.05) is 72.8 Å². The van der Waals surface area contributed by atoms with Crippen LogP contribution >= 0.6 is 0 Å². The number of pyridine rings is 1. The van der Waals surface area contributed by atoms with E-state index < -0.39 is 0 Å². The molecule has 0 radical (unpaired) electrons. The van der Waals surface area contributed by atoms with Gasteiger partial charge in [0.05, 0.1) is 16.4 Å². The number of para-hydroxylation sites is 2. The van der Waals surface area contributed by atoms with Crippen molar-refractivity contribution >= 4 is 43.7 Å². The summed E-state index contributed by atoms with van der Waals surface area (Å²) in [5, 5.41) is 4.24. The predicted octanol–water partition coefficient (Wildman–Crippen LogP) is 10.9. The first-order valence-corrected chi connectivity index (χ1v) is 16.6. The summed E-state index contributed by atoms with van der Waals surface area (Å²) in [6.07, 6.45) is 1.76. The van der Waals surface area contributed by atoms with Gasteiger partial charge < -0.3 is 8.98 Å². The van der Waals surface area contributed by atoms with Crippen LogP contribution in [0, 0.1) is 0 Å². The maximum absolute atomic E-state index is 6.40. The summed E-state index contributed by atoms with van der Waals surface area (Å²) in [7, 11) is 0. The summed E-state index contributed by atoms with van der Waals surface area (Å²) in [5.41, 5.74) is 9.66. The number of hydrogen-bond donors (Lipinski definition) is 0. The Labute approximate surface area is 287 Å². The van der Waals surface area contributed by atoms with Crippen molar-refractivity contribution in [1.29, 1.82) is 0 Å². The summed E-state index contributed by atoms with van der Waals surface area (Å²) in [5.74, 6) is 1.67. The lowest BCUT2D eigenvalue weighted by Crippen LogP contribution is -2.01. The number of hydrogen-bond acceptors (Lipinski definition) is 5. The first kappa shape index (κ1) is 28.1. The van der Waals surface area contributed by atoms with E-state index in [1.54, 1.807) is 6.20 Å². The fourth-order valence-electron chi connectivity index (χ4n) is 6.99. The molecule has 0 saturated carbocycles. The van der Waals surface area contributed by atoms with Crippen LogP contribution in [0.3, 0.4) is 0 Å². The molecule has 0 saturated heterocycles. The molecule has 6 nitrogen and oxygen atoms in total. The Bertz CT molecular complexity index is 2800. The van der Waals surface area contributed by atoms with E-state index in [2.05, 4.69) is 89.5 Å². The van der Waals surface area contributed by atoms with Crippen molar-refractivity contribution in [2.75, 3.05) is 0 Å². The van der Waals surface area contributed by atoms with Gasteiger partial charge in [0.2, 0.25) is 0 Å². The average Bonchev–Trinajstić information content (AvgIpc) is 3.74. The normalized spacial score (nSPS) is 11.6. The molecule has 4 aromatic heterocycles. The summed E-state index contributed by atoms with van der Waals surface area (Å²) in [4.78, 5) is 19.7. The van der Waals surface area contributed by atoms with Gasteiger partial charge in [-0.25, -0.2) is 15.0 Å². The van der Waals surface area contributed by atoms with E-state index in [0.717, 1.165) is 49.9 Å². The van der Waals surface area contributed by atoms with Crippen LogP contribution in [0.15, 0.2) is 168 Å². The average molecular weight is 642 g/mol. The number of nitrogens with zero attached hydrogens (tertiary/aromatic N) is 5. The molecule has 10 aromatic rings. The number of aromatic nitrogens is 5. The molecule has 0 fully saturated rings. The summed E-state index contributed by atoms with van der Waals surface area (Å²) in [6, 6.07) is 54.1. The van der Waals surface area contributed by atoms with Crippen molar-refractivity contribution in [3.05, 3.63) is 164 Å². The predicted molar refractivity (Wildman–Crippen MR) is 201 cm³/mol. The van der Waals surface area contributed by atoms with Crippen LogP contribution in [0.5, 0.6) is 0 Å². The van der Waals surface area contributed by atoms with Crippen LogP contribution in [0.4, 0.5) is 0 Å². The Morgan fingerprint density at radius 1 is 0.420 bits per heavy atom. The standard InChI is InChI=1S/C44H27N5O/c1-4-12-28(13-5-1)42-46-43(29-14-6-2-7-15-29)48-44(47-42)41-40-35-27-31(21-23-38(35)50-39(40)24-25-45-41)30-20-22-37-34(26-30)33-18-10-11-19-36(33)49(37)32-16-8-3-9-17-32/h1-27H. The summed E-state index contributed by atoms with van der Waals surface area (Å²) >= 11 is 0. The van der Waals surface area contributed by atoms with Gasteiger partial charge in [0.25, 0.3) is 0 Å². The van der Waals surface area contributed by atoms with Gasteiger partial charge in [-0.15, -0.1) is 0 Å². The molecule has 0 bridgehead atoms. The van der Waals surface area contributed by atoms with Gasteiger partial charge in [-0.3, -0.25) is 4.98 Å². The van der Waals surface area contributed by atoms with Crippen LogP contribution in [0.1, 0.15) is 0 Å². The molecule has 0 unspecified atom stereocenters. The first-order chi connectivity index (χ1) is 24.8. The lowest BCUT2D eigenvalue weighted by Gasteiger charge is -2.09. The van der Waals surface area contributed by atoms with E-state index in [9.17, 15) is 0 Å². The molecule has 6 aromatic carbocycles. The molecule has 0 atom stereocenters. The van der Waals surface area contributed by atoms with E-state index in [4.69, 9.17) is 24.4 Å². The highest BCUT2D eigenvalue weighted by molar-refractivity contribution is 6.13. The highest BCUT2D eigenvalue weighted by Gasteiger charge is 2.20. The third-order valence-corrected chi connectivity index (χ3v) is 9.31. The largest absolute Gasteiger partial charge is 0.456 e. The van der Waals surface area contributed by atoms with E-state index in [0.29, 0.717) is 23.2 Å². The zero-order valence-corrected chi connectivity index (χ0v) is 26.7. The van der Waals surface area contributed by atoms with Crippen molar-refractivity contribution in [1.82, 2.24) is 24.5 Å². The van der Waals surface area contributed by atoms with E-state index >= 15 is 0 Å². The third kappa shape index (κ3) is 4.58. The molecule has 10 rings (SSSR count). The van der Waals surface area contributed by atoms with Gasteiger partial charge in [-0.1, -0.05) is 109 Å². The molecule has 0 aliphatic heterocycles. The Hall–Kier alpha value is -6.92. The molecular weight excluding hydrogens is 615 g/mol. The molecular formula is C44H27N5O. The van der Waals surface area contributed by atoms with Crippen LogP contribution in [0.25, 0.3) is 94.9 Å². The Balaban J connectivity index is 1.16. The molecule has 0 N–H and O–H groups in total. The molecule has 234 valence electrons. The van der Waals surface area contributed by atoms with Crippen molar-refractivity contribution in [2.24, 2.45) is 0 Å². The van der Waals surface area contributed by atoms with Gasteiger partial charge in [0, 0.05) is 39.2 Å². The Kier molecular flexibility index (Phi) is 6.39. The lowest BCUT2D eigenvalue weighted by molar-refractivity contribution is 0.668. The van der Waals surface area contributed by atoms with Crippen LogP contribution in [-0.2, 0) is 0 Å². The van der Waals surface area contributed by atoms with Crippen LogP contribution in [-0.4, -0.2) is 24.5 Å². The minimum Gasteiger partial charge on any atom is -0.456 e. The fraction of sp³-hybridized carbons (Fsp3) is 0. The van der Waals surface area contributed by atoms with E-state index in [-0.39, 0.29) is 0 Å². The quantitative estimate of drug-likeness (QED) is 0.187. The minimum absolute atomic E-state index is 0.492. The van der Waals surface area contributed by atoms with Crippen molar-refractivity contribution in [3.8, 4) is 51.1 Å². The summed E-state index contributed by atoms with van der Waals surface area (Å²) < 4.78 is 8.74. The third-order valence-electron chi connectivity index (χ3n) is 9.31. The number of furan rings is 1. The van der Waals surface area contributed by atoms with Crippen molar-refractivity contribution < 1.29 is 4.42 Å². The van der Waals surface area contributed by atoms with Crippen molar-refractivity contribution in [3.63, 3.8) is 0 Å². The minimum atomic E-state index is 0.492. The SMILES string of the molecule is c1ccc(-c2nc(-c3ccccc3)nc(-c3nccc4oc5ccc(-c6ccc7c(c6)c6ccccc6n7-c6ccccc6)cc5c34)n2)cc1. The molecule has 50 heavy (non-hydrogen) atoms. The van der Waals surface area contributed by atoms with Crippen LogP contribution in [0.2, 0.25) is 0 Å². The monoisotopic (exact) mass is 641 g/mol. The topological polar surface area (TPSA) is 69.6 Å². The van der Waals surface area contributed by atoms with Gasteiger partial charge in [-0.2, -0.15) is 0 Å². The maximum atomic E-state index is 6.40. The van der Waals surface area contributed by atoms with Crippen molar-refractivity contribution in [2.45, 2.75) is 0 Å². The fourth-order valence-corrected chi connectivity index (χ4v) is 6.99. The molecule has 0 amide bonds. The molecule has 4 heterocycles. The molecule has 0 aliphatic carbocycles. The number of fused-ring (bicyclic) bond motifs is 6. The highest BCUT2D eigenvalue weighted by atomic mass is 16.3. The Morgan fingerprint density at radius 3 is 1.72 bits per heavy atom. The number of benzene rings is 6. The van der Waals surface area contributed by atoms with Gasteiger partial charge in [0.1, 0.15) is 16.9 Å². The lowest BCUT2D eigenvalue weighted by atomic mass is 10.00.